The summed E-state index contributed by atoms with van der Waals surface area (Å²) in [6, 6.07) is 6.14. The second-order valence-electron chi connectivity index (χ2n) is 7.45. The summed E-state index contributed by atoms with van der Waals surface area (Å²) in [7, 11) is 0. The first-order valence-electron chi connectivity index (χ1n) is 9.86. The van der Waals surface area contributed by atoms with Crippen LogP contribution in [0, 0.1) is 13.8 Å². The molecule has 1 aliphatic carbocycles. The van der Waals surface area contributed by atoms with Gasteiger partial charge in [0, 0.05) is 16.0 Å². The normalized spacial score (nSPS) is 14.7. The van der Waals surface area contributed by atoms with E-state index in [0.717, 1.165) is 45.9 Å². The van der Waals surface area contributed by atoms with Gasteiger partial charge in [-0.05, 0) is 74.8 Å². The molecule has 1 atom stereocenters. The standard InChI is InChI=1S/C22H25N3OS2/c1-4-17(20(26)25-15-10-13(2)9-14(3)11-15)27-21-19-16-7-5-6-8-18(16)28-22(19)24-12-23-21/h9-12,17H,4-8H2,1-3H3,(H,25,26). The van der Waals surface area contributed by atoms with Gasteiger partial charge >= 0.3 is 0 Å². The van der Waals surface area contributed by atoms with Crippen LogP contribution in [0.2, 0.25) is 0 Å². The number of nitrogens with zero attached hydrogens (tertiary/aromatic N) is 2. The van der Waals surface area contributed by atoms with Crippen molar-refractivity contribution in [1.82, 2.24) is 9.97 Å². The zero-order valence-electron chi connectivity index (χ0n) is 16.5. The molecule has 1 amide bonds. The van der Waals surface area contributed by atoms with Crippen molar-refractivity contribution < 1.29 is 4.79 Å². The number of rotatable bonds is 5. The van der Waals surface area contributed by atoms with E-state index in [4.69, 9.17) is 0 Å². The molecule has 0 aliphatic heterocycles. The molecule has 6 heteroatoms. The summed E-state index contributed by atoms with van der Waals surface area (Å²) in [6.07, 6.45) is 7.11. The van der Waals surface area contributed by atoms with Crippen LogP contribution in [0.5, 0.6) is 0 Å². The lowest BCUT2D eigenvalue weighted by atomic mass is 9.97. The largest absolute Gasteiger partial charge is 0.325 e. The van der Waals surface area contributed by atoms with E-state index in [1.807, 2.05) is 26.0 Å². The maximum absolute atomic E-state index is 13.0. The van der Waals surface area contributed by atoms with E-state index in [1.54, 1.807) is 29.4 Å². The van der Waals surface area contributed by atoms with Gasteiger partial charge in [0.25, 0.3) is 0 Å². The van der Waals surface area contributed by atoms with Crippen molar-refractivity contribution in [3.63, 3.8) is 0 Å². The Kier molecular flexibility index (Phi) is 5.69. The first kappa shape index (κ1) is 19.4. The number of anilines is 1. The monoisotopic (exact) mass is 411 g/mol. The third-order valence-electron chi connectivity index (χ3n) is 5.12. The van der Waals surface area contributed by atoms with Crippen molar-refractivity contribution in [2.45, 2.75) is 63.2 Å². The van der Waals surface area contributed by atoms with E-state index in [1.165, 1.54) is 28.7 Å². The van der Waals surface area contributed by atoms with Gasteiger partial charge in [-0.3, -0.25) is 4.79 Å². The zero-order valence-corrected chi connectivity index (χ0v) is 18.2. The van der Waals surface area contributed by atoms with Crippen LogP contribution in [0.3, 0.4) is 0 Å². The van der Waals surface area contributed by atoms with Crippen LogP contribution in [0.1, 0.15) is 47.8 Å². The Morgan fingerprint density at radius 1 is 1.18 bits per heavy atom. The summed E-state index contributed by atoms with van der Waals surface area (Å²) in [4.78, 5) is 24.6. The second-order valence-corrected chi connectivity index (χ2v) is 9.73. The van der Waals surface area contributed by atoms with Crippen molar-refractivity contribution in [2.24, 2.45) is 0 Å². The molecule has 2 heterocycles. The fraction of sp³-hybridized carbons (Fsp3) is 0.409. The Bertz CT molecular complexity index is 1010. The minimum atomic E-state index is -0.182. The predicted molar refractivity (Wildman–Crippen MR) is 119 cm³/mol. The molecule has 4 nitrogen and oxygen atoms in total. The molecule has 4 rings (SSSR count). The molecule has 0 saturated carbocycles. The third kappa shape index (κ3) is 3.94. The van der Waals surface area contributed by atoms with Crippen LogP contribution in [-0.2, 0) is 17.6 Å². The van der Waals surface area contributed by atoms with Crippen LogP contribution in [0.15, 0.2) is 29.6 Å². The molecule has 28 heavy (non-hydrogen) atoms. The first-order valence-corrected chi connectivity index (χ1v) is 11.6. The third-order valence-corrected chi connectivity index (χ3v) is 7.69. The Hall–Kier alpha value is -1.92. The minimum Gasteiger partial charge on any atom is -0.325 e. The van der Waals surface area contributed by atoms with Gasteiger partial charge in [0.2, 0.25) is 5.91 Å². The number of carbonyl (C=O) groups is 1. The number of fused-ring (bicyclic) bond motifs is 3. The van der Waals surface area contributed by atoms with Crippen molar-refractivity contribution in [3.05, 3.63) is 46.1 Å². The van der Waals surface area contributed by atoms with Crippen LogP contribution in [0.25, 0.3) is 10.2 Å². The van der Waals surface area contributed by atoms with Gasteiger partial charge in [-0.15, -0.1) is 11.3 Å². The Morgan fingerprint density at radius 3 is 2.68 bits per heavy atom. The minimum absolute atomic E-state index is 0.0355. The van der Waals surface area contributed by atoms with Crippen LogP contribution in [-0.4, -0.2) is 21.1 Å². The summed E-state index contributed by atoms with van der Waals surface area (Å²) in [5.74, 6) is 0.0355. The van der Waals surface area contributed by atoms with E-state index in [-0.39, 0.29) is 11.2 Å². The van der Waals surface area contributed by atoms with Crippen molar-refractivity contribution >= 4 is 44.9 Å². The molecule has 0 spiro atoms. The maximum atomic E-state index is 13.0. The number of aryl methyl sites for hydroxylation is 4. The maximum Gasteiger partial charge on any atom is 0.237 e. The van der Waals surface area contributed by atoms with E-state index >= 15 is 0 Å². The predicted octanol–water partition coefficient (Wildman–Crippen LogP) is 5.70. The molecule has 3 aromatic rings. The molecule has 146 valence electrons. The number of nitrogens with one attached hydrogen (secondary N) is 1. The first-order chi connectivity index (χ1) is 13.5. The zero-order chi connectivity index (χ0) is 19.7. The number of benzene rings is 1. The van der Waals surface area contributed by atoms with E-state index in [9.17, 15) is 4.79 Å². The highest BCUT2D eigenvalue weighted by Gasteiger charge is 2.24. The van der Waals surface area contributed by atoms with Crippen LogP contribution >= 0.6 is 23.1 Å². The average Bonchev–Trinajstić information content (AvgIpc) is 3.04. The Labute approximate surface area is 174 Å². The summed E-state index contributed by atoms with van der Waals surface area (Å²) in [6.45, 7) is 6.15. The van der Waals surface area contributed by atoms with Gasteiger partial charge < -0.3 is 5.32 Å². The number of hydrogen-bond donors (Lipinski definition) is 1. The summed E-state index contributed by atoms with van der Waals surface area (Å²) < 4.78 is 0. The highest BCUT2D eigenvalue weighted by Crippen LogP contribution is 2.40. The lowest BCUT2D eigenvalue weighted by molar-refractivity contribution is -0.115. The highest BCUT2D eigenvalue weighted by molar-refractivity contribution is 8.00. The molecule has 0 bridgehead atoms. The van der Waals surface area contributed by atoms with Crippen molar-refractivity contribution in [2.75, 3.05) is 5.32 Å². The molecule has 1 N–H and O–H groups in total. The van der Waals surface area contributed by atoms with E-state index in [2.05, 4.69) is 28.3 Å². The Morgan fingerprint density at radius 2 is 1.93 bits per heavy atom. The van der Waals surface area contributed by atoms with Gasteiger partial charge in [-0.1, -0.05) is 24.8 Å². The number of thioether (sulfide) groups is 1. The number of aromatic nitrogens is 2. The smallest absolute Gasteiger partial charge is 0.237 e. The van der Waals surface area contributed by atoms with Gasteiger partial charge in [-0.2, -0.15) is 0 Å². The fourth-order valence-corrected chi connectivity index (χ4v) is 6.22. The summed E-state index contributed by atoms with van der Waals surface area (Å²) in [5, 5.41) is 5.05. The second kappa shape index (κ2) is 8.21. The number of amides is 1. The summed E-state index contributed by atoms with van der Waals surface area (Å²) in [5.41, 5.74) is 4.58. The van der Waals surface area contributed by atoms with E-state index < -0.39 is 0 Å². The fourth-order valence-electron chi connectivity index (χ4n) is 3.88. The van der Waals surface area contributed by atoms with Gasteiger partial charge in [0.05, 0.1) is 5.25 Å². The molecule has 0 radical (unpaired) electrons. The molecule has 0 saturated heterocycles. The topological polar surface area (TPSA) is 54.9 Å². The highest BCUT2D eigenvalue weighted by atomic mass is 32.2. The Balaban J connectivity index is 1.59. The summed E-state index contributed by atoms with van der Waals surface area (Å²) >= 11 is 3.37. The lowest BCUT2D eigenvalue weighted by Crippen LogP contribution is -2.24. The van der Waals surface area contributed by atoms with Crippen LogP contribution in [0.4, 0.5) is 5.69 Å². The molecule has 1 unspecified atom stereocenters. The molecule has 1 aromatic carbocycles. The van der Waals surface area contributed by atoms with Crippen LogP contribution < -0.4 is 5.32 Å². The number of hydrogen-bond acceptors (Lipinski definition) is 5. The van der Waals surface area contributed by atoms with Gasteiger partial charge in [0.1, 0.15) is 16.2 Å². The van der Waals surface area contributed by atoms with Gasteiger partial charge in [-0.25, -0.2) is 9.97 Å². The van der Waals surface area contributed by atoms with Crippen molar-refractivity contribution in [1.29, 1.82) is 0 Å². The molecule has 0 fully saturated rings. The molecular weight excluding hydrogens is 386 g/mol. The quantitative estimate of drug-likeness (QED) is 0.432. The van der Waals surface area contributed by atoms with Gasteiger partial charge in [0.15, 0.2) is 0 Å². The van der Waals surface area contributed by atoms with E-state index in [0.29, 0.717) is 0 Å². The molecule has 2 aromatic heterocycles. The lowest BCUT2D eigenvalue weighted by Gasteiger charge is -2.16. The SMILES string of the molecule is CCC(Sc1ncnc2sc3c(c12)CCCC3)C(=O)Nc1cc(C)cc(C)c1. The number of thiophene rings is 1. The molecule has 1 aliphatic rings. The average molecular weight is 412 g/mol. The van der Waals surface area contributed by atoms with Crippen molar-refractivity contribution in [3.8, 4) is 0 Å². The number of carbonyl (C=O) groups excluding carboxylic acids is 1. The molecular formula is C22H25N3OS2.